The molecule has 0 aliphatic carbocycles. The lowest BCUT2D eigenvalue weighted by Crippen LogP contribution is -1.75. The van der Waals surface area contributed by atoms with Crippen LogP contribution in [0.4, 0.5) is 0 Å². The first-order valence-electron chi connectivity index (χ1n) is 2.04. The van der Waals surface area contributed by atoms with Crippen LogP contribution >= 0.6 is 22.9 Å². The minimum absolute atomic E-state index is 0.637. The van der Waals surface area contributed by atoms with Crippen molar-refractivity contribution in [2.24, 2.45) is 0 Å². The average molecular weight is 148 g/mol. The Morgan fingerprint density at radius 1 is 1.88 bits per heavy atom. The van der Waals surface area contributed by atoms with Crippen LogP contribution in [0.15, 0.2) is 6.07 Å². The summed E-state index contributed by atoms with van der Waals surface area (Å²) in [7, 11) is 1.59. The summed E-state index contributed by atoms with van der Waals surface area (Å²) in [6.07, 6.45) is 0. The predicted octanol–water partition coefficient (Wildman–Crippen LogP) is 2.21. The van der Waals surface area contributed by atoms with Crippen molar-refractivity contribution in [2.75, 3.05) is 7.11 Å². The van der Waals surface area contributed by atoms with E-state index in [0.717, 1.165) is 5.06 Å². The lowest BCUT2D eigenvalue weighted by atomic mass is 10.6. The second kappa shape index (κ2) is 2.37. The van der Waals surface area contributed by atoms with Gasteiger partial charge in [-0.15, -0.1) is 0 Å². The van der Waals surface area contributed by atoms with Gasteiger partial charge in [0.25, 0.3) is 0 Å². The van der Waals surface area contributed by atoms with Crippen LogP contribution in [-0.2, 0) is 0 Å². The first-order valence-corrected chi connectivity index (χ1v) is 3.23. The van der Waals surface area contributed by atoms with Gasteiger partial charge in [-0.2, -0.15) is 0 Å². The monoisotopic (exact) mass is 147 g/mol. The molecule has 0 aromatic carbocycles. The number of halogens is 1. The molecule has 0 saturated carbocycles. The summed E-state index contributed by atoms with van der Waals surface area (Å²) in [5, 5.41) is 4.20. The summed E-state index contributed by atoms with van der Waals surface area (Å²) < 4.78 is 4.84. The van der Waals surface area contributed by atoms with E-state index in [-0.39, 0.29) is 0 Å². The van der Waals surface area contributed by atoms with Gasteiger partial charge in [0.15, 0.2) is 5.06 Å². The first kappa shape index (κ1) is 5.92. The van der Waals surface area contributed by atoms with Crippen molar-refractivity contribution in [3.05, 3.63) is 16.5 Å². The molecule has 0 aliphatic rings. The van der Waals surface area contributed by atoms with Crippen molar-refractivity contribution in [2.45, 2.75) is 0 Å². The van der Waals surface area contributed by atoms with Gasteiger partial charge in [0.2, 0.25) is 0 Å². The second-order valence-corrected chi connectivity index (χ2v) is 2.42. The van der Waals surface area contributed by atoms with Crippen LogP contribution in [0.25, 0.3) is 0 Å². The van der Waals surface area contributed by atoms with Gasteiger partial charge in [0.1, 0.15) is 0 Å². The molecule has 1 aromatic heterocycles. The Hall–Kier alpha value is -0.210. The highest BCUT2D eigenvalue weighted by atomic mass is 35.5. The molecule has 1 rings (SSSR count). The molecule has 1 heterocycles. The zero-order chi connectivity index (χ0) is 5.98. The zero-order valence-corrected chi connectivity index (χ0v) is 5.84. The third-order valence-corrected chi connectivity index (χ3v) is 1.92. The largest absolute Gasteiger partial charge is 0.486 e. The molecule has 0 aliphatic heterocycles. The molecule has 8 heavy (non-hydrogen) atoms. The minimum atomic E-state index is 0.637. The molecule has 43 valence electrons. The zero-order valence-electron chi connectivity index (χ0n) is 4.27. The van der Waals surface area contributed by atoms with E-state index in [0.29, 0.717) is 5.02 Å². The van der Waals surface area contributed by atoms with Crippen LogP contribution in [0.1, 0.15) is 0 Å². The van der Waals surface area contributed by atoms with Gasteiger partial charge in [-0.1, -0.05) is 22.9 Å². The molecular weight excluding hydrogens is 144 g/mol. The maximum Gasteiger partial charge on any atom is 0.193 e. The number of rotatable bonds is 1. The standard InChI is InChI=1S/C5H4ClOS/c1-7-5-4(6)2-3-8-5/h2H,1H3. The number of thiophene rings is 1. The second-order valence-electron chi connectivity index (χ2n) is 1.20. The average Bonchev–Trinajstić information content (AvgIpc) is 2.14. The molecule has 1 nitrogen and oxygen atoms in total. The van der Waals surface area contributed by atoms with Crippen molar-refractivity contribution < 1.29 is 4.74 Å². The van der Waals surface area contributed by atoms with Crippen molar-refractivity contribution in [3.63, 3.8) is 0 Å². The Balaban J connectivity index is 2.92. The number of methoxy groups -OCH3 is 1. The molecule has 0 saturated heterocycles. The maximum absolute atomic E-state index is 5.59. The van der Waals surface area contributed by atoms with E-state index in [1.165, 1.54) is 11.3 Å². The third kappa shape index (κ3) is 0.956. The first-order chi connectivity index (χ1) is 3.84. The fourth-order valence-electron chi connectivity index (χ4n) is 0.382. The molecule has 0 amide bonds. The van der Waals surface area contributed by atoms with E-state index >= 15 is 0 Å². The summed E-state index contributed by atoms with van der Waals surface area (Å²) in [5.74, 6) is 0. The van der Waals surface area contributed by atoms with E-state index in [2.05, 4.69) is 5.38 Å². The third-order valence-electron chi connectivity index (χ3n) is 0.718. The van der Waals surface area contributed by atoms with Crippen LogP contribution in [-0.4, -0.2) is 7.11 Å². The smallest absolute Gasteiger partial charge is 0.193 e. The van der Waals surface area contributed by atoms with Gasteiger partial charge in [0.05, 0.1) is 12.1 Å². The van der Waals surface area contributed by atoms with Crippen molar-refractivity contribution in [1.82, 2.24) is 0 Å². The molecule has 3 heteroatoms. The lowest BCUT2D eigenvalue weighted by molar-refractivity contribution is 0.427. The highest BCUT2D eigenvalue weighted by Gasteiger charge is 1.97. The lowest BCUT2D eigenvalue weighted by Gasteiger charge is -1.90. The van der Waals surface area contributed by atoms with Crippen LogP contribution in [0.2, 0.25) is 5.02 Å². The summed E-state index contributed by atoms with van der Waals surface area (Å²) in [6.45, 7) is 0. The van der Waals surface area contributed by atoms with Gasteiger partial charge in [-0.25, -0.2) is 0 Å². The van der Waals surface area contributed by atoms with Crippen molar-refractivity contribution >= 4 is 22.9 Å². The molecule has 0 fully saturated rings. The summed E-state index contributed by atoms with van der Waals surface area (Å²) >= 11 is 6.96. The molecule has 0 N–H and O–H groups in total. The topological polar surface area (TPSA) is 9.23 Å². The van der Waals surface area contributed by atoms with Crippen LogP contribution < -0.4 is 4.74 Å². The molecule has 0 atom stereocenters. The summed E-state index contributed by atoms with van der Waals surface area (Å²) in [5.41, 5.74) is 0. The Bertz CT molecular complexity index is 173. The van der Waals surface area contributed by atoms with Crippen LogP contribution in [0, 0.1) is 5.38 Å². The minimum Gasteiger partial charge on any atom is -0.486 e. The van der Waals surface area contributed by atoms with E-state index in [4.69, 9.17) is 16.3 Å². The summed E-state index contributed by atoms with van der Waals surface area (Å²) in [6, 6.07) is 1.69. The molecule has 1 radical (unpaired) electrons. The molecule has 0 spiro atoms. The van der Waals surface area contributed by atoms with Crippen molar-refractivity contribution in [1.29, 1.82) is 0 Å². The SMILES string of the molecule is COc1s[c]cc1Cl. The van der Waals surface area contributed by atoms with Crippen molar-refractivity contribution in [3.8, 4) is 5.06 Å². The maximum atomic E-state index is 5.59. The Morgan fingerprint density at radius 3 is 2.88 bits per heavy atom. The van der Waals surface area contributed by atoms with E-state index in [1.807, 2.05) is 0 Å². The number of hydrogen-bond donors (Lipinski definition) is 0. The van der Waals surface area contributed by atoms with Gasteiger partial charge in [-0.3, -0.25) is 0 Å². The summed E-state index contributed by atoms with van der Waals surface area (Å²) in [4.78, 5) is 0. The molecule has 1 aromatic rings. The fraction of sp³-hybridized carbons (Fsp3) is 0.200. The highest BCUT2D eigenvalue weighted by Crippen LogP contribution is 2.28. The van der Waals surface area contributed by atoms with Gasteiger partial charge >= 0.3 is 0 Å². The highest BCUT2D eigenvalue weighted by molar-refractivity contribution is 7.12. The molecular formula is C5H4ClOS. The van der Waals surface area contributed by atoms with Gasteiger partial charge in [-0.05, 0) is 6.07 Å². The number of hydrogen-bond acceptors (Lipinski definition) is 2. The Kier molecular flexibility index (Phi) is 1.76. The van der Waals surface area contributed by atoms with E-state index < -0.39 is 0 Å². The normalized spacial score (nSPS) is 9.25. The van der Waals surface area contributed by atoms with Crippen LogP contribution in [0.3, 0.4) is 0 Å². The van der Waals surface area contributed by atoms with Gasteiger partial charge in [0, 0.05) is 5.38 Å². The van der Waals surface area contributed by atoms with E-state index in [9.17, 15) is 0 Å². The van der Waals surface area contributed by atoms with Crippen LogP contribution in [0.5, 0.6) is 5.06 Å². The Labute approximate surface area is 56.9 Å². The van der Waals surface area contributed by atoms with Gasteiger partial charge < -0.3 is 4.74 Å². The molecule has 0 unspecified atom stereocenters. The predicted molar refractivity (Wildman–Crippen MR) is 34.7 cm³/mol. The fourth-order valence-corrected chi connectivity index (χ4v) is 1.22. The molecule has 0 bridgehead atoms. The number of ether oxygens (including phenoxy) is 1. The Morgan fingerprint density at radius 2 is 2.62 bits per heavy atom. The quantitative estimate of drug-likeness (QED) is 0.592. The van der Waals surface area contributed by atoms with E-state index in [1.54, 1.807) is 13.2 Å².